The molecule has 4 nitrogen and oxygen atoms in total. The smallest absolute Gasteiger partial charge is 0.343 e. The normalized spacial score (nSPS) is 14.2. The van der Waals surface area contributed by atoms with Gasteiger partial charge < -0.3 is 14.2 Å². The molecule has 0 aliphatic carbocycles. The van der Waals surface area contributed by atoms with Crippen LogP contribution in [0.5, 0.6) is 11.5 Å². The zero-order valence-electron chi connectivity index (χ0n) is 18.5. The number of hydrogen-bond acceptors (Lipinski definition) is 4. The molecule has 0 N–H and O–H groups in total. The number of halogens is 1. The lowest BCUT2D eigenvalue weighted by Gasteiger charge is -2.08. The van der Waals surface area contributed by atoms with Crippen molar-refractivity contribution in [3.8, 4) is 11.5 Å². The van der Waals surface area contributed by atoms with E-state index in [1.807, 2.05) is 84.9 Å². The Hall–Kier alpha value is -4.02. The van der Waals surface area contributed by atoms with Crippen LogP contribution in [0.15, 0.2) is 96.6 Å². The van der Waals surface area contributed by atoms with E-state index >= 15 is 0 Å². The van der Waals surface area contributed by atoms with Crippen LogP contribution in [0.25, 0.3) is 22.6 Å². The minimum Gasteiger partial charge on any atom is -0.497 e. The van der Waals surface area contributed by atoms with E-state index in [0.29, 0.717) is 23.0 Å². The average molecular weight is 469 g/mol. The van der Waals surface area contributed by atoms with Crippen molar-refractivity contribution in [1.29, 1.82) is 0 Å². The number of fused-ring (bicyclic) bond motifs is 1. The van der Waals surface area contributed by atoms with Gasteiger partial charge in [0.2, 0.25) is 0 Å². The number of cyclic esters (lactones) is 1. The van der Waals surface area contributed by atoms with Crippen molar-refractivity contribution in [1.82, 2.24) is 0 Å². The topological polar surface area (TPSA) is 44.8 Å². The summed E-state index contributed by atoms with van der Waals surface area (Å²) in [4.78, 5) is 12.5. The van der Waals surface area contributed by atoms with Gasteiger partial charge in [0.15, 0.2) is 0 Å². The summed E-state index contributed by atoms with van der Waals surface area (Å²) in [6.07, 6.45) is 3.58. The summed E-state index contributed by atoms with van der Waals surface area (Å²) >= 11 is 6.18. The van der Waals surface area contributed by atoms with Crippen molar-refractivity contribution in [2.45, 2.75) is 6.61 Å². The summed E-state index contributed by atoms with van der Waals surface area (Å²) < 4.78 is 16.6. The zero-order valence-corrected chi connectivity index (χ0v) is 19.2. The van der Waals surface area contributed by atoms with Crippen LogP contribution in [-0.4, -0.2) is 13.1 Å². The Morgan fingerprint density at radius 3 is 2.41 bits per heavy atom. The van der Waals surface area contributed by atoms with E-state index in [4.69, 9.17) is 25.8 Å². The van der Waals surface area contributed by atoms with E-state index in [0.717, 1.165) is 39.0 Å². The first kappa shape index (κ1) is 21.8. The highest BCUT2D eigenvalue weighted by molar-refractivity contribution is 6.31. The Balaban J connectivity index is 1.31. The Morgan fingerprint density at radius 1 is 0.882 bits per heavy atom. The molecule has 0 saturated heterocycles. The Labute approximate surface area is 202 Å². The first-order chi connectivity index (χ1) is 16.6. The minimum atomic E-state index is -0.371. The van der Waals surface area contributed by atoms with Gasteiger partial charge in [-0.1, -0.05) is 60.1 Å². The lowest BCUT2D eigenvalue weighted by Crippen LogP contribution is -1.97. The molecule has 1 aliphatic rings. The molecule has 168 valence electrons. The van der Waals surface area contributed by atoms with Gasteiger partial charge in [-0.15, -0.1) is 0 Å². The van der Waals surface area contributed by atoms with Crippen molar-refractivity contribution in [2.75, 3.05) is 7.11 Å². The fourth-order valence-corrected chi connectivity index (χ4v) is 3.94. The second-order valence-corrected chi connectivity index (χ2v) is 8.28. The van der Waals surface area contributed by atoms with E-state index in [1.165, 1.54) is 0 Å². The van der Waals surface area contributed by atoms with Gasteiger partial charge in [-0.3, -0.25) is 0 Å². The summed E-state index contributed by atoms with van der Waals surface area (Å²) in [5, 5.41) is 2.78. The van der Waals surface area contributed by atoms with Gasteiger partial charge in [0.1, 0.15) is 23.9 Å². The summed E-state index contributed by atoms with van der Waals surface area (Å²) in [5.74, 6) is 1.69. The molecule has 0 radical (unpaired) electrons. The molecule has 0 atom stereocenters. The third-order valence-corrected chi connectivity index (χ3v) is 5.98. The average Bonchev–Trinajstić information content (AvgIpc) is 3.23. The highest BCUT2D eigenvalue weighted by Gasteiger charge is 2.22. The number of benzene rings is 4. The summed E-state index contributed by atoms with van der Waals surface area (Å²) in [5.41, 5.74) is 3.14. The largest absolute Gasteiger partial charge is 0.497 e. The molecule has 4 aromatic rings. The molecule has 5 heteroatoms. The van der Waals surface area contributed by atoms with Crippen LogP contribution in [0, 0.1) is 0 Å². The molecule has 5 rings (SSSR count). The summed E-state index contributed by atoms with van der Waals surface area (Å²) in [7, 11) is 1.65. The van der Waals surface area contributed by atoms with Gasteiger partial charge in [-0.25, -0.2) is 4.79 Å². The second-order valence-electron chi connectivity index (χ2n) is 7.87. The van der Waals surface area contributed by atoms with Gasteiger partial charge >= 0.3 is 5.97 Å². The number of methoxy groups -OCH3 is 1. The van der Waals surface area contributed by atoms with Crippen molar-refractivity contribution >= 4 is 40.2 Å². The van der Waals surface area contributed by atoms with E-state index in [1.54, 1.807) is 19.3 Å². The highest BCUT2D eigenvalue weighted by atomic mass is 35.5. The Bertz CT molecular complexity index is 1430. The maximum absolute atomic E-state index is 12.5. The van der Waals surface area contributed by atoms with Gasteiger partial charge in [-0.05, 0) is 64.9 Å². The number of ether oxygens (including phenoxy) is 3. The van der Waals surface area contributed by atoms with Crippen LogP contribution >= 0.6 is 11.6 Å². The first-order valence-corrected chi connectivity index (χ1v) is 11.2. The molecule has 0 unspecified atom stereocenters. The third-order valence-electron chi connectivity index (χ3n) is 5.61. The van der Waals surface area contributed by atoms with Crippen LogP contribution in [0.4, 0.5) is 0 Å². The zero-order chi connectivity index (χ0) is 23.5. The third kappa shape index (κ3) is 4.68. The molecule has 1 aliphatic heterocycles. The standard InChI is InChI=1S/C29H21ClO4/c1-32-26-13-10-20-15-22(9-8-21(20)16-26)28-17-24(29(31)34-28)14-19-6-11-25(12-7-19)33-18-23-4-2-3-5-27(23)30/h2-17H,18H2,1H3/b24-14-. The second kappa shape index (κ2) is 9.46. The number of carbonyl (C=O) groups is 1. The van der Waals surface area contributed by atoms with Crippen molar-refractivity contribution in [3.63, 3.8) is 0 Å². The molecule has 34 heavy (non-hydrogen) atoms. The van der Waals surface area contributed by atoms with Crippen molar-refractivity contribution in [2.24, 2.45) is 0 Å². The van der Waals surface area contributed by atoms with E-state index in [-0.39, 0.29) is 5.97 Å². The summed E-state index contributed by atoms with van der Waals surface area (Å²) in [6.45, 7) is 0.386. The molecule has 0 saturated carbocycles. The van der Waals surface area contributed by atoms with Crippen LogP contribution in [-0.2, 0) is 16.1 Å². The molecular formula is C29H21ClO4. The van der Waals surface area contributed by atoms with Crippen LogP contribution in [0.2, 0.25) is 5.02 Å². The van der Waals surface area contributed by atoms with Crippen LogP contribution in [0.3, 0.4) is 0 Å². The van der Waals surface area contributed by atoms with Gasteiger partial charge in [-0.2, -0.15) is 0 Å². The van der Waals surface area contributed by atoms with Crippen LogP contribution in [0.1, 0.15) is 16.7 Å². The predicted molar refractivity (Wildman–Crippen MR) is 135 cm³/mol. The Kier molecular flexibility index (Phi) is 6.07. The molecule has 0 amide bonds. The monoisotopic (exact) mass is 468 g/mol. The quantitative estimate of drug-likeness (QED) is 0.224. The molecule has 0 spiro atoms. The lowest BCUT2D eigenvalue weighted by atomic mass is 10.0. The first-order valence-electron chi connectivity index (χ1n) is 10.8. The van der Waals surface area contributed by atoms with E-state index < -0.39 is 0 Å². The number of esters is 1. The van der Waals surface area contributed by atoms with Gasteiger partial charge in [0.05, 0.1) is 12.7 Å². The van der Waals surface area contributed by atoms with E-state index in [9.17, 15) is 4.79 Å². The molecule has 0 bridgehead atoms. The highest BCUT2D eigenvalue weighted by Crippen LogP contribution is 2.31. The maximum Gasteiger partial charge on any atom is 0.343 e. The number of hydrogen-bond donors (Lipinski definition) is 0. The summed E-state index contributed by atoms with van der Waals surface area (Å²) in [6, 6.07) is 26.9. The maximum atomic E-state index is 12.5. The molecule has 0 aromatic heterocycles. The van der Waals surface area contributed by atoms with Crippen molar-refractivity contribution < 1.29 is 19.0 Å². The van der Waals surface area contributed by atoms with Gasteiger partial charge in [0, 0.05) is 16.1 Å². The minimum absolute atomic E-state index is 0.371. The number of carbonyl (C=O) groups excluding carboxylic acids is 1. The SMILES string of the molecule is COc1ccc2cc(C3=C/C(=C/c4ccc(OCc5ccccc5Cl)cc4)C(=O)O3)ccc2c1. The van der Waals surface area contributed by atoms with Gasteiger partial charge in [0.25, 0.3) is 0 Å². The number of rotatable bonds is 6. The lowest BCUT2D eigenvalue weighted by molar-refractivity contribution is -0.130. The molecular weight excluding hydrogens is 448 g/mol. The molecule has 1 heterocycles. The van der Waals surface area contributed by atoms with Crippen LogP contribution < -0.4 is 9.47 Å². The molecule has 4 aromatic carbocycles. The fraction of sp³-hybridized carbons (Fsp3) is 0.0690. The predicted octanol–water partition coefficient (Wildman–Crippen LogP) is 7.06. The fourth-order valence-electron chi connectivity index (χ4n) is 3.75. The Morgan fingerprint density at radius 2 is 1.62 bits per heavy atom. The van der Waals surface area contributed by atoms with Crippen molar-refractivity contribution in [3.05, 3.63) is 118 Å². The van der Waals surface area contributed by atoms with E-state index in [2.05, 4.69) is 0 Å². The molecule has 0 fully saturated rings.